The van der Waals surface area contributed by atoms with E-state index >= 15 is 0 Å². The van der Waals surface area contributed by atoms with Gasteiger partial charge in [0.05, 0.1) is 18.1 Å². The fraction of sp³-hybridized carbons (Fsp3) is 0.700. The zero-order valence-corrected chi connectivity index (χ0v) is 23.3. The standard InChI is InChI=1S/C30H42O7/c1-9-15(3)26(33)36-25-18(6)29(35)21-11-17(5)23(32)20(21)12-19(14-31)13-22(29)24-28(7,8)30(24,25)37-27(34)16(4)10-2/h9,11,13,16,18,20-22,24-25,31,35H,10,12,14H2,1-8H3/b15-9+/t16?,18-,20+,21-,22+,24?,25-,29+,30-/m1/s1. The van der Waals surface area contributed by atoms with Crippen molar-refractivity contribution < 1.29 is 34.1 Å². The third-order valence-corrected chi connectivity index (χ3v) is 10.2. The van der Waals surface area contributed by atoms with E-state index in [9.17, 15) is 24.6 Å². The molecular weight excluding hydrogens is 472 g/mol. The molecule has 0 aromatic rings. The molecule has 2 N–H and O–H groups in total. The predicted molar refractivity (Wildman–Crippen MR) is 138 cm³/mol. The van der Waals surface area contributed by atoms with Crippen LogP contribution >= 0.6 is 0 Å². The number of carbonyl (C=O) groups is 3. The summed E-state index contributed by atoms with van der Waals surface area (Å²) in [6.07, 6.45) is 5.47. The molecule has 2 saturated carbocycles. The Kier molecular flexibility index (Phi) is 6.90. The molecule has 4 rings (SSSR count). The SMILES string of the molecule is C/C=C(\C)C(=O)O[C@@H]1[C@@H](C)[C@]2(O)[C@@H]3C=C(C)C(=O)[C@H]3CC(CO)=C[C@H]2C2C(C)(C)[C@@]21OC(=O)C(C)CC. The van der Waals surface area contributed by atoms with E-state index in [0.717, 1.165) is 0 Å². The van der Waals surface area contributed by atoms with E-state index in [-0.39, 0.29) is 30.2 Å². The van der Waals surface area contributed by atoms with Gasteiger partial charge in [0.25, 0.3) is 0 Å². The average molecular weight is 515 g/mol. The van der Waals surface area contributed by atoms with Crippen molar-refractivity contribution in [1.82, 2.24) is 0 Å². The Morgan fingerprint density at radius 2 is 1.89 bits per heavy atom. The number of Topliss-reactive ketones (excluding diaryl/α,β-unsaturated/α-hetero) is 1. The van der Waals surface area contributed by atoms with Gasteiger partial charge in [0.2, 0.25) is 0 Å². The van der Waals surface area contributed by atoms with Gasteiger partial charge in [0, 0.05) is 40.6 Å². The minimum absolute atomic E-state index is 0.0287. The predicted octanol–water partition coefficient (Wildman–Crippen LogP) is 3.93. The van der Waals surface area contributed by atoms with Gasteiger partial charge in [-0.05, 0) is 44.8 Å². The zero-order chi connectivity index (χ0) is 27.7. The maximum absolute atomic E-state index is 13.2. The summed E-state index contributed by atoms with van der Waals surface area (Å²) in [6, 6.07) is 0. The average Bonchev–Trinajstić information content (AvgIpc) is 3.26. The molecule has 0 spiro atoms. The summed E-state index contributed by atoms with van der Waals surface area (Å²) in [5, 5.41) is 22.9. The number of ether oxygens (including phenoxy) is 2. The van der Waals surface area contributed by atoms with E-state index in [1.54, 1.807) is 26.8 Å². The van der Waals surface area contributed by atoms with Crippen LogP contribution in [0.4, 0.5) is 0 Å². The number of fused-ring (bicyclic) bond motifs is 5. The van der Waals surface area contributed by atoms with Crippen molar-refractivity contribution in [3.8, 4) is 0 Å². The van der Waals surface area contributed by atoms with Crippen LogP contribution in [0.25, 0.3) is 0 Å². The highest BCUT2D eigenvalue weighted by Gasteiger charge is 2.87. The molecule has 2 fully saturated rings. The lowest BCUT2D eigenvalue weighted by molar-refractivity contribution is -0.220. The van der Waals surface area contributed by atoms with Crippen molar-refractivity contribution in [3.63, 3.8) is 0 Å². The summed E-state index contributed by atoms with van der Waals surface area (Å²) in [4.78, 5) is 39.5. The molecule has 0 radical (unpaired) electrons. The summed E-state index contributed by atoms with van der Waals surface area (Å²) in [5.41, 5.74) is -1.51. The van der Waals surface area contributed by atoms with Gasteiger partial charge in [-0.2, -0.15) is 0 Å². The molecule has 2 unspecified atom stereocenters. The second kappa shape index (κ2) is 9.19. The molecular formula is C30H42O7. The third kappa shape index (κ3) is 3.71. The Labute approximate surface area is 220 Å². The van der Waals surface area contributed by atoms with Gasteiger partial charge >= 0.3 is 11.9 Å². The first-order valence-corrected chi connectivity index (χ1v) is 13.6. The van der Waals surface area contributed by atoms with E-state index in [0.29, 0.717) is 29.6 Å². The topological polar surface area (TPSA) is 110 Å². The number of hydrogen-bond acceptors (Lipinski definition) is 7. The number of ketones is 1. The van der Waals surface area contributed by atoms with Crippen molar-refractivity contribution in [2.45, 2.75) is 85.5 Å². The number of allylic oxidation sites excluding steroid dienone is 2. The van der Waals surface area contributed by atoms with Crippen LogP contribution in [0.2, 0.25) is 0 Å². The molecule has 0 aromatic carbocycles. The number of rotatable bonds is 6. The van der Waals surface area contributed by atoms with Gasteiger partial charge in [-0.15, -0.1) is 0 Å². The summed E-state index contributed by atoms with van der Waals surface area (Å²) in [6.45, 7) is 14.5. The van der Waals surface area contributed by atoms with Gasteiger partial charge < -0.3 is 19.7 Å². The normalized spacial score (nSPS) is 40.8. The second-order valence-corrected chi connectivity index (χ2v) is 12.3. The van der Waals surface area contributed by atoms with Crippen LogP contribution in [-0.2, 0) is 23.9 Å². The van der Waals surface area contributed by atoms with E-state index in [1.165, 1.54) is 0 Å². The first-order chi connectivity index (χ1) is 17.2. The van der Waals surface area contributed by atoms with Crippen molar-refractivity contribution in [2.24, 2.45) is 40.9 Å². The maximum atomic E-state index is 13.2. The van der Waals surface area contributed by atoms with Gasteiger partial charge in [0.1, 0.15) is 6.10 Å². The summed E-state index contributed by atoms with van der Waals surface area (Å²) in [7, 11) is 0. The molecule has 7 heteroatoms. The molecule has 0 bridgehead atoms. The van der Waals surface area contributed by atoms with Crippen LogP contribution in [0.3, 0.4) is 0 Å². The lowest BCUT2D eigenvalue weighted by Gasteiger charge is -2.52. The summed E-state index contributed by atoms with van der Waals surface area (Å²) < 4.78 is 12.5. The summed E-state index contributed by atoms with van der Waals surface area (Å²) in [5.74, 6) is -3.79. The summed E-state index contributed by atoms with van der Waals surface area (Å²) >= 11 is 0. The highest BCUT2D eigenvalue weighted by molar-refractivity contribution is 6.00. The number of esters is 2. The molecule has 0 aliphatic heterocycles. The molecule has 0 aromatic heterocycles. The van der Waals surface area contributed by atoms with E-state index in [2.05, 4.69) is 0 Å². The van der Waals surface area contributed by atoms with E-state index < -0.39 is 52.4 Å². The maximum Gasteiger partial charge on any atom is 0.333 e. The first-order valence-electron chi connectivity index (χ1n) is 13.6. The lowest BCUT2D eigenvalue weighted by Crippen LogP contribution is -2.63. The van der Waals surface area contributed by atoms with Crippen LogP contribution in [0, 0.1) is 40.9 Å². The van der Waals surface area contributed by atoms with Gasteiger partial charge in [-0.25, -0.2) is 4.79 Å². The molecule has 7 nitrogen and oxygen atoms in total. The number of carbonyl (C=O) groups excluding carboxylic acids is 3. The molecule has 0 heterocycles. The minimum Gasteiger partial charge on any atom is -0.454 e. The van der Waals surface area contributed by atoms with Crippen LogP contribution < -0.4 is 0 Å². The molecule has 4 aliphatic rings. The van der Waals surface area contributed by atoms with Crippen molar-refractivity contribution in [1.29, 1.82) is 0 Å². The first kappa shape index (κ1) is 27.8. The zero-order valence-electron chi connectivity index (χ0n) is 23.3. The lowest BCUT2D eigenvalue weighted by atomic mass is 9.59. The van der Waals surface area contributed by atoms with E-state index in [4.69, 9.17) is 9.47 Å². The Morgan fingerprint density at radius 1 is 1.24 bits per heavy atom. The minimum atomic E-state index is -1.45. The van der Waals surface area contributed by atoms with Crippen LogP contribution in [-0.4, -0.2) is 51.8 Å². The van der Waals surface area contributed by atoms with Gasteiger partial charge in [-0.3, -0.25) is 9.59 Å². The smallest absolute Gasteiger partial charge is 0.333 e. The fourth-order valence-corrected chi connectivity index (χ4v) is 7.52. The van der Waals surface area contributed by atoms with Crippen LogP contribution in [0.5, 0.6) is 0 Å². The number of hydrogen-bond donors (Lipinski definition) is 2. The Bertz CT molecular complexity index is 1100. The van der Waals surface area contributed by atoms with Crippen LogP contribution in [0.1, 0.15) is 68.2 Å². The van der Waals surface area contributed by atoms with Gasteiger partial charge in [0.15, 0.2) is 11.4 Å². The largest absolute Gasteiger partial charge is 0.454 e. The van der Waals surface area contributed by atoms with Crippen molar-refractivity contribution >= 4 is 17.7 Å². The van der Waals surface area contributed by atoms with E-state index in [1.807, 2.05) is 46.8 Å². The third-order valence-electron chi connectivity index (χ3n) is 10.2. The molecule has 37 heavy (non-hydrogen) atoms. The monoisotopic (exact) mass is 514 g/mol. The highest BCUT2D eigenvalue weighted by Crippen LogP contribution is 2.77. The van der Waals surface area contributed by atoms with Crippen molar-refractivity contribution in [3.05, 3.63) is 34.9 Å². The van der Waals surface area contributed by atoms with Crippen LogP contribution in [0.15, 0.2) is 34.9 Å². The highest BCUT2D eigenvalue weighted by atomic mass is 16.6. The van der Waals surface area contributed by atoms with Gasteiger partial charge in [-0.1, -0.05) is 52.8 Å². The molecule has 9 atom stereocenters. The quantitative estimate of drug-likeness (QED) is 0.314. The molecule has 0 amide bonds. The fourth-order valence-electron chi connectivity index (χ4n) is 7.52. The number of aliphatic hydroxyl groups is 2. The Balaban J connectivity index is 1.92. The number of aliphatic hydroxyl groups excluding tert-OH is 1. The molecule has 204 valence electrons. The molecule has 0 saturated heterocycles. The Hall–Kier alpha value is -2.25. The van der Waals surface area contributed by atoms with Crippen molar-refractivity contribution in [2.75, 3.05) is 6.61 Å². The molecule has 4 aliphatic carbocycles. The Morgan fingerprint density at radius 3 is 2.46 bits per heavy atom. The second-order valence-electron chi connectivity index (χ2n) is 12.3.